The summed E-state index contributed by atoms with van der Waals surface area (Å²) in [5.41, 5.74) is 0.962. The van der Waals surface area contributed by atoms with Crippen molar-refractivity contribution >= 4 is 0 Å². The minimum Gasteiger partial charge on any atom is -0.301 e. The van der Waals surface area contributed by atoms with E-state index in [1.165, 1.54) is 51.7 Å². The molecule has 2 aliphatic rings. The van der Waals surface area contributed by atoms with Crippen LogP contribution >= 0.6 is 0 Å². The van der Waals surface area contributed by atoms with Crippen molar-refractivity contribution in [3.63, 3.8) is 0 Å². The molecule has 0 radical (unpaired) electrons. The molecule has 1 aliphatic heterocycles. The summed E-state index contributed by atoms with van der Waals surface area (Å²) in [4.78, 5) is 17.2. The van der Waals surface area contributed by atoms with Crippen molar-refractivity contribution in [3.8, 4) is 0 Å². The van der Waals surface area contributed by atoms with Crippen LogP contribution in [0.2, 0.25) is 0 Å². The summed E-state index contributed by atoms with van der Waals surface area (Å²) in [6, 6.07) is 3.53. The summed E-state index contributed by atoms with van der Waals surface area (Å²) in [6.45, 7) is 13.9. The smallest absolute Gasteiger partial charge is 0.266 e. The molecule has 0 spiro atoms. The zero-order valence-corrected chi connectivity index (χ0v) is 16.9. The van der Waals surface area contributed by atoms with E-state index in [2.05, 4.69) is 35.7 Å². The van der Waals surface area contributed by atoms with Crippen LogP contribution in [0.3, 0.4) is 0 Å². The van der Waals surface area contributed by atoms with Gasteiger partial charge in [0.1, 0.15) is 0 Å². The van der Waals surface area contributed by atoms with Crippen LogP contribution in [0, 0.1) is 5.92 Å². The molecule has 146 valence electrons. The van der Waals surface area contributed by atoms with E-state index < -0.39 is 0 Å². The third-order valence-corrected chi connectivity index (χ3v) is 5.97. The van der Waals surface area contributed by atoms with Gasteiger partial charge in [-0.15, -0.1) is 0 Å². The van der Waals surface area contributed by atoms with Gasteiger partial charge in [0.15, 0.2) is 0 Å². The molecule has 1 saturated heterocycles. The minimum absolute atomic E-state index is 0.00827. The number of hydrogen-bond donors (Lipinski definition) is 0. The lowest BCUT2D eigenvalue weighted by atomic mass is 9.89. The SMILES string of the molecule is CC(C)(C)c1ccc(=O)n(CCN2CCN(CC3CCCCC3)CC2)n1. The van der Waals surface area contributed by atoms with Crippen LogP contribution < -0.4 is 5.56 Å². The van der Waals surface area contributed by atoms with E-state index in [-0.39, 0.29) is 11.0 Å². The maximum atomic E-state index is 12.1. The van der Waals surface area contributed by atoms with E-state index in [4.69, 9.17) is 0 Å². The van der Waals surface area contributed by atoms with Gasteiger partial charge in [0, 0.05) is 50.7 Å². The van der Waals surface area contributed by atoms with Crippen LogP contribution in [-0.4, -0.2) is 58.8 Å². The first-order valence-corrected chi connectivity index (χ1v) is 10.5. The predicted molar refractivity (Wildman–Crippen MR) is 107 cm³/mol. The van der Waals surface area contributed by atoms with Crippen molar-refractivity contribution in [1.29, 1.82) is 0 Å². The monoisotopic (exact) mass is 360 g/mol. The van der Waals surface area contributed by atoms with E-state index in [1.54, 1.807) is 10.7 Å². The molecule has 0 amide bonds. The fraction of sp³-hybridized carbons (Fsp3) is 0.810. The number of nitrogens with zero attached hydrogens (tertiary/aromatic N) is 4. The van der Waals surface area contributed by atoms with Gasteiger partial charge in [-0.1, -0.05) is 40.0 Å². The second-order valence-corrected chi connectivity index (χ2v) is 9.18. The van der Waals surface area contributed by atoms with Gasteiger partial charge >= 0.3 is 0 Å². The Morgan fingerprint density at radius 1 is 0.962 bits per heavy atom. The molecule has 3 rings (SSSR count). The highest BCUT2D eigenvalue weighted by Gasteiger charge is 2.22. The Kier molecular flexibility index (Phi) is 6.51. The van der Waals surface area contributed by atoms with E-state index in [1.807, 2.05) is 6.07 Å². The van der Waals surface area contributed by atoms with Gasteiger partial charge in [0.25, 0.3) is 5.56 Å². The Bertz CT molecular complexity index is 620. The van der Waals surface area contributed by atoms with Crippen molar-refractivity contribution in [2.75, 3.05) is 39.3 Å². The average molecular weight is 361 g/mol. The molecule has 0 aromatic carbocycles. The maximum absolute atomic E-state index is 12.1. The highest BCUT2D eigenvalue weighted by atomic mass is 16.1. The number of piperazine rings is 1. The van der Waals surface area contributed by atoms with Crippen LogP contribution in [0.1, 0.15) is 58.6 Å². The standard InChI is InChI=1S/C21H36N4O/c1-21(2,3)19-9-10-20(26)25(22-19)16-15-23-11-13-24(14-12-23)17-18-7-5-4-6-8-18/h9-10,18H,4-8,11-17H2,1-3H3. The van der Waals surface area contributed by atoms with Crippen molar-refractivity contribution < 1.29 is 0 Å². The molecule has 0 N–H and O–H groups in total. The normalized spacial score (nSPS) is 21.2. The van der Waals surface area contributed by atoms with E-state index in [0.717, 1.165) is 31.2 Å². The zero-order chi connectivity index (χ0) is 18.6. The van der Waals surface area contributed by atoms with E-state index >= 15 is 0 Å². The molecule has 0 unspecified atom stereocenters. The summed E-state index contributed by atoms with van der Waals surface area (Å²) in [7, 11) is 0. The lowest BCUT2D eigenvalue weighted by Gasteiger charge is -2.37. The topological polar surface area (TPSA) is 41.4 Å². The highest BCUT2D eigenvalue weighted by Crippen LogP contribution is 2.24. The third kappa shape index (κ3) is 5.40. The van der Waals surface area contributed by atoms with Crippen molar-refractivity contribution in [1.82, 2.24) is 19.6 Å². The Morgan fingerprint density at radius 3 is 2.27 bits per heavy atom. The van der Waals surface area contributed by atoms with Crippen LogP contribution in [0.4, 0.5) is 0 Å². The minimum atomic E-state index is -0.0276. The summed E-state index contributed by atoms with van der Waals surface area (Å²) in [5, 5.41) is 4.59. The largest absolute Gasteiger partial charge is 0.301 e. The van der Waals surface area contributed by atoms with Crippen molar-refractivity contribution in [2.45, 2.75) is 64.8 Å². The molecular weight excluding hydrogens is 324 g/mol. The van der Waals surface area contributed by atoms with Crippen LogP contribution in [-0.2, 0) is 12.0 Å². The lowest BCUT2D eigenvalue weighted by Crippen LogP contribution is -2.49. The second-order valence-electron chi connectivity index (χ2n) is 9.18. The van der Waals surface area contributed by atoms with Crippen molar-refractivity contribution in [2.24, 2.45) is 5.92 Å². The van der Waals surface area contributed by atoms with Crippen LogP contribution in [0.5, 0.6) is 0 Å². The van der Waals surface area contributed by atoms with Crippen molar-refractivity contribution in [3.05, 3.63) is 28.2 Å². The van der Waals surface area contributed by atoms with E-state index in [0.29, 0.717) is 6.54 Å². The Labute approximate surface area is 158 Å². The molecule has 1 aromatic heterocycles. The molecule has 0 atom stereocenters. The quantitative estimate of drug-likeness (QED) is 0.810. The van der Waals surface area contributed by atoms with Gasteiger partial charge in [0.2, 0.25) is 0 Å². The van der Waals surface area contributed by atoms with Gasteiger partial charge in [-0.3, -0.25) is 9.69 Å². The van der Waals surface area contributed by atoms with Crippen LogP contribution in [0.25, 0.3) is 0 Å². The van der Waals surface area contributed by atoms with Gasteiger partial charge in [-0.05, 0) is 24.8 Å². The summed E-state index contributed by atoms with van der Waals surface area (Å²) in [5.74, 6) is 0.929. The summed E-state index contributed by atoms with van der Waals surface area (Å²) >= 11 is 0. The first-order valence-electron chi connectivity index (χ1n) is 10.5. The Balaban J connectivity index is 1.46. The molecule has 26 heavy (non-hydrogen) atoms. The molecule has 1 aromatic rings. The molecule has 5 nitrogen and oxygen atoms in total. The van der Waals surface area contributed by atoms with Gasteiger partial charge in [0.05, 0.1) is 12.2 Å². The molecule has 2 heterocycles. The molecular formula is C21H36N4O. The third-order valence-electron chi connectivity index (χ3n) is 5.97. The fourth-order valence-corrected chi connectivity index (χ4v) is 4.18. The van der Waals surface area contributed by atoms with Crippen LogP contribution in [0.15, 0.2) is 16.9 Å². The Hall–Kier alpha value is -1.20. The average Bonchev–Trinajstić information content (AvgIpc) is 2.62. The molecule has 0 bridgehead atoms. The molecule has 5 heteroatoms. The molecule has 1 aliphatic carbocycles. The fourth-order valence-electron chi connectivity index (χ4n) is 4.18. The highest BCUT2D eigenvalue weighted by molar-refractivity contribution is 5.10. The number of rotatable bonds is 5. The van der Waals surface area contributed by atoms with E-state index in [9.17, 15) is 4.79 Å². The maximum Gasteiger partial charge on any atom is 0.266 e. The van der Waals surface area contributed by atoms with Gasteiger partial charge < -0.3 is 4.90 Å². The Morgan fingerprint density at radius 2 is 1.62 bits per heavy atom. The summed E-state index contributed by atoms with van der Waals surface area (Å²) < 4.78 is 1.65. The number of aromatic nitrogens is 2. The summed E-state index contributed by atoms with van der Waals surface area (Å²) in [6.07, 6.45) is 7.16. The lowest BCUT2D eigenvalue weighted by molar-refractivity contribution is 0.106. The molecule has 1 saturated carbocycles. The second kappa shape index (κ2) is 8.66. The van der Waals surface area contributed by atoms with Gasteiger partial charge in [-0.2, -0.15) is 5.10 Å². The molecule has 2 fully saturated rings. The van der Waals surface area contributed by atoms with Gasteiger partial charge in [-0.25, -0.2) is 4.68 Å². The first kappa shape index (κ1) is 19.6. The first-order chi connectivity index (χ1) is 12.4. The number of hydrogen-bond acceptors (Lipinski definition) is 4. The predicted octanol–water partition coefficient (Wildman–Crippen LogP) is 2.74. The zero-order valence-electron chi connectivity index (χ0n) is 16.9.